The summed E-state index contributed by atoms with van der Waals surface area (Å²) in [6.45, 7) is 3.39. The highest BCUT2D eigenvalue weighted by Gasteiger charge is 2.18. The minimum Gasteiger partial charge on any atom is -0.477 e. The van der Waals surface area contributed by atoms with Crippen molar-refractivity contribution < 1.29 is 19.8 Å². The van der Waals surface area contributed by atoms with Gasteiger partial charge in [-0.1, -0.05) is 18.9 Å². The number of allylic oxidation sites excluding steroid dienone is 1. The van der Waals surface area contributed by atoms with E-state index in [0.29, 0.717) is 12.0 Å². The van der Waals surface area contributed by atoms with Crippen molar-refractivity contribution in [2.45, 2.75) is 26.7 Å². The van der Waals surface area contributed by atoms with Gasteiger partial charge < -0.3 is 10.2 Å². The Hall–Kier alpha value is -1.32. The van der Waals surface area contributed by atoms with Crippen molar-refractivity contribution in [3.8, 4) is 0 Å². The largest absolute Gasteiger partial charge is 0.477 e. The smallest absolute Gasteiger partial charge is 0.343 e. The minimum atomic E-state index is -1.37. The number of carboxylic acids is 2. The van der Waals surface area contributed by atoms with E-state index in [2.05, 4.69) is 0 Å². The molecule has 0 aromatic heterocycles. The molecule has 12 heavy (non-hydrogen) atoms. The number of carbonyl (C=O) groups is 2. The number of hydrogen-bond acceptors (Lipinski definition) is 2. The molecule has 0 saturated heterocycles. The maximum Gasteiger partial charge on any atom is 0.343 e. The van der Waals surface area contributed by atoms with Crippen LogP contribution in [0.1, 0.15) is 26.7 Å². The van der Waals surface area contributed by atoms with Crippen molar-refractivity contribution in [2.24, 2.45) is 0 Å². The Morgan fingerprint density at radius 2 is 1.58 bits per heavy atom. The van der Waals surface area contributed by atoms with E-state index in [0.717, 1.165) is 6.42 Å². The normalized spacial score (nSPS) is 9.17. The van der Waals surface area contributed by atoms with Gasteiger partial charge in [-0.3, -0.25) is 0 Å². The molecular formula is C8H12O4. The van der Waals surface area contributed by atoms with Crippen LogP contribution in [0.5, 0.6) is 0 Å². The minimum absolute atomic E-state index is 0.414. The van der Waals surface area contributed by atoms with Crippen molar-refractivity contribution in [1.82, 2.24) is 0 Å². The van der Waals surface area contributed by atoms with E-state index in [1.165, 1.54) is 6.92 Å². The fourth-order valence-corrected chi connectivity index (χ4v) is 0.957. The van der Waals surface area contributed by atoms with Crippen LogP contribution in [0.3, 0.4) is 0 Å². The topological polar surface area (TPSA) is 74.6 Å². The summed E-state index contributed by atoms with van der Waals surface area (Å²) >= 11 is 0. The molecule has 2 N–H and O–H groups in total. The van der Waals surface area contributed by atoms with Gasteiger partial charge in [-0.05, 0) is 13.3 Å². The second kappa shape index (κ2) is 4.54. The molecule has 0 rings (SSSR count). The van der Waals surface area contributed by atoms with Crippen LogP contribution in [-0.4, -0.2) is 22.2 Å². The lowest BCUT2D eigenvalue weighted by molar-refractivity contribution is -0.140. The molecule has 0 saturated carbocycles. The average molecular weight is 172 g/mol. The molecule has 0 atom stereocenters. The van der Waals surface area contributed by atoms with Crippen molar-refractivity contribution in [3.63, 3.8) is 0 Å². The Morgan fingerprint density at radius 1 is 1.17 bits per heavy atom. The van der Waals surface area contributed by atoms with Crippen LogP contribution >= 0.6 is 0 Å². The van der Waals surface area contributed by atoms with Crippen LogP contribution in [0.15, 0.2) is 11.1 Å². The molecule has 4 heteroatoms. The maximum atomic E-state index is 10.4. The summed E-state index contributed by atoms with van der Waals surface area (Å²) in [6.07, 6.45) is 1.25. The molecular weight excluding hydrogens is 160 g/mol. The summed E-state index contributed by atoms with van der Waals surface area (Å²) in [5.74, 6) is -2.73. The van der Waals surface area contributed by atoms with Gasteiger partial charge in [0.05, 0.1) is 0 Å². The molecule has 0 aromatic carbocycles. The zero-order valence-corrected chi connectivity index (χ0v) is 7.13. The summed E-state index contributed by atoms with van der Waals surface area (Å²) in [7, 11) is 0. The van der Waals surface area contributed by atoms with E-state index >= 15 is 0 Å². The lowest BCUT2D eigenvalue weighted by atomic mass is 10.1. The van der Waals surface area contributed by atoms with Crippen LogP contribution in [-0.2, 0) is 9.59 Å². The molecule has 0 aromatic rings. The fourth-order valence-electron chi connectivity index (χ4n) is 0.957. The Labute approximate surface area is 70.5 Å². The predicted octanol–water partition coefficient (Wildman–Crippen LogP) is 1.27. The SMILES string of the molecule is CCCC(C)=C(C(=O)O)C(=O)O. The highest BCUT2D eigenvalue weighted by atomic mass is 16.4. The average Bonchev–Trinajstić information content (AvgIpc) is 1.85. The quantitative estimate of drug-likeness (QED) is 0.380. The number of aliphatic carboxylic acids is 2. The third kappa shape index (κ3) is 2.74. The standard InChI is InChI=1S/C8H12O4/c1-3-4-5(2)6(7(9)10)8(11)12/h3-4H2,1-2H3,(H,9,10)(H,11,12). The number of carboxylic acid groups (broad SMARTS) is 2. The molecule has 0 amide bonds. The Balaban J connectivity index is 4.80. The van der Waals surface area contributed by atoms with E-state index in [9.17, 15) is 9.59 Å². The predicted molar refractivity (Wildman–Crippen MR) is 42.9 cm³/mol. The van der Waals surface area contributed by atoms with Crippen LogP contribution in [0, 0.1) is 0 Å². The lowest BCUT2D eigenvalue weighted by Gasteiger charge is -2.01. The summed E-state index contributed by atoms with van der Waals surface area (Å²) < 4.78 is 0. The van der Waals surface area contributed by atoms with Crippen molar-refractivity contribution >= 4 is 11.9 Å². The molecule has 68 valence electrons. The molecule has 4 nitrogen and oxygen atoms in total. The molecule has 0 radical (unpaired) electrons. The Kier molecular flexibility index (Phi) is 4.04. The molecule has 0 heterocycles. The zero-order valence-electron chi connectivity index (χ0n) is 7.13. The van der Waals surface area contributed by atoms with Gasteiger partial charge in [0.15, 0.2) is 0 Å². The van der Waals surface area contributed by atoms with E-state index in [4.69, 9.17) is 10.2 Å². The van der Waals surface area contributed by atoms with Gasteiger partial charge in [0.1, 0.15) is 5.57 Å². The molecule has 0 spiro atoms. The maximum absolute atomic E-state index is 10.4. The van der Waals surface area contributed by atoms with Gasteiger partial charge >= 0.3 is 11.9 Å². The monoisotopic (exact) mass is 172 g/mol. The Morgan fingerprint density at radius 3 is 1.83 bits per heavy atom. The fraction of sp³-hybridized carbons (Fsp3) is 0.500. The summed E-state index contributed by atoms with van der Waals surface area (Å²) in [6, 6.07) is 0. The van der Waals surface area contributed by atoms with E-state index in [-0.39, 0.29) is 0 Å². The summed E-state index contributed by atoms with van der Waals surface area (Å²) in [4.78, 5) is 20.8. The van der Waals surface area contributed by atoms with Gasteiger partial charge in [0.25, 0.3) is 0 Å². The molecule has 0 aliphatic rings. The first-order valence-electron chi connectivity index (χ1n) is 3.67. The first-order chi connectivity index (χ1) is 5.50. The number of rotatable bonds is 4. The molecule has 0 aliphatic heterocycles. The van der Waals surface area contributed by atoms with Gasteiger partial charge in [0.2, 0.25) is 0 Å². The number of hydrogen-bond donors (Lipinski definition) is 2. The molecule has 0 fully saturated rings. The van der Waals surface area contributed by atoms with Crippen LogP contribution < -0.4 is 0 Å². The second-order valence-electron chi connectivity index (χ2n) is 2.52. The first-order valence-corrected chi connectivity index (χ1v) is 3.67. The van der Waals surface area contributed by atoms with Gasteiger partial charge in [-0.25, -0.2) is 9.59 Å². The highest BCUT2D eigenvalue weighted by molar-refractivity contribution is 6.13. The van der Waals surface area contributed by atoms with Crippen molar-refractivity contribution in [2.75, 3.05) is 0 Å². The van der Waals surface area contributed by atoms with Crippen molar-refractivity contribution in [1.29, 1.82) is 0 Å². The third-order valence-electron chi connectivity index (χ3n) is 1.48. The lowest BCUT2D eigenvalue weighted by Crippen LogP contribution is -2.13. The highest BCUT2D eigenvalue weighted by Crippen LogP contribution is 2.10. The van der Waals surface area contributed by atoms with Crippen molar-refractivity contribution in [3.05, 3.63) is 11.1 Å². The molecule has 0 aliphatic carbocycles. The first kappa shape index (κ1) is 10.7. The van der Waals surface area contributed by atoms with Crippen LogP contribution in [0.2, 0.25) is 0 Å². The zero-order chi connectivity index (χ0) is 9.72. The van der Waals surface area contributed by atoms with Gasteiger partial charge in [-0.2, -0.15) is 0 Å². The van der Waals surface area contributed by atoms with Crippen LogP contribution in [0.25, 0.3) is 0 Å². The summed E-state index contributed by atoms with van der Waals surface area (Å²) in [5.41, 5.74) is -0.0886. The van der Waals surface area contributed by atoms with E-state index < -0.39 is 17.5 Å². The molecule has 0 bridgehead atoms. The Bertz CT molecular complexity index is 211. The molecule has 0 unspecified atom stereocenters. The van der Waals surface area contributed by atoms with Gasteiger partial charge in [-0.15, -0.1) is 0 Å². The summed E-state index contributed by atoms with van der Waals surface area (Å²) in [5, 5.41) is 17.0. The third-order valence-corrected chi connectivity index (χ3v) is 1.48. The van der Waals surface area contributed by atoms with E-state index in [1.54, 1.807) is 0 Å². The van der Waals surface area contributed by atoms with E-state index in [1.807, 2.05) is 6.92 Å². The van der Waals surface area contributed by atoms with Crippen LogP contribution in [0.4, 0.5) is 0 Å². The second-order valence-corrected chi connectivity index (χ2v) is 2.52. The van der Waals surface area contributed by atoms with Gasteiger partial charge in [0, 0.05) is 0 Å².